The fourth-order valence-corrected chi connectivity index (χ4v) is 5.28. The van der Waals surface area contributed by atoms with E-state index in [2.05, 4.69) is 0 Å². The van der Waals surface area contributed by atoms with E-state index in [-0.39, 0.29) is 28.4 Å². The van der Waals surface area contributed by atoms with Crippen LogP contribution in [0, 0.1) is 0 Å². The Labute approximate surface area is 247 Å². The number of aromatic hydroxyl groups is 2. The van der Waals surface area contributed by atoms with E-state index >= 15 is 0 Å². The summed E-state index contributed by atoms with van der Waals surface area (Å²) in [7, 11) is 1.30. The van der Waals surface area contributed by atoms with Crippen LogP contribution in [0.5, 0.6) is 23.0 Å². The van der Waals surface area contributed by atoms with E-state index < -0.39 is 102 Å². The Morgan fingerprint density at radius 2 is 1.41 bits per heavy atom. The molecule has 10 N–H and O–H groups in total. The molecule has 44 heavy (non-hydrogen) atoms. The van der Waals surface area contributed by atoms with Gasteiger partial charge < -0.3 is 74.4 Å². The lowest BCUT2D eigenvalue weighted by Crippen LogP contribution is -2.60. The van der Waals surface area contributed by atoms with Gasteiger partial charge in [0.1, 0.15) is 83.2 Å². The maximum absolute atomic E-state index is 13.2. The van der Waals surface area contributed by atoms with Crippen molar-refractivity contribution in [1.29, 1.82) is 0 Å². The van der Waals surface area contributed by atoms with E-state index in [1.165, 1.54) is 25.3 Å². The van der Waals surface area contributed by atoms with Crippen molar-refractivity contribution in [2.75, 3.05) is 20.3 Å². The van der Waals surface area contributed by atoms with E-state index in [4.69, 9.17) is 23.4 Å². The highest BCUT2D eigenvalue weighted by atomic mass is 16.7. The number of phenols is 2. The highest BCUT2D eigenvalue weighted by molar-refractivity contribution is 5.88. The average Bonchev–Trinajstić information content (AvgIpc) is 3.00. The Bertz CT molecular complexity index is 1550. The average molecular weight is 625 g/mol. The minimum atomic E-state index is -1.84. The SMILES string of the molecule is COc1cc(-c2cc(=O)c3c(O)c([C@@H]4O[C@H](CO)[C@@H](O)[C@H](O)[C@H]4O)c(O)cc3o2)ccc1O[C@@H]1O[C@H](CO)[C@@H](O)[C@H](O)[C@H]1O. The van der Waals surface area contributed by atoms with Gasteiger partial charge in [-0.25, -0.2) is 0 Å². The minimum absolute atomic E-state index is 0.0168. The van der Waals surface area contributed by atoms with Crippen LogP contribution < -0.4 is 14.9 Å². The number of methoxy groups -OCH3 is 1. The van der Waals surface area contributed by atoms with E-state index in [1.807, 2.05) is 0 Å². The van der Waals surface area contributed by atoms with Crippen LogP contribution in [-0.2, 0) is 9.47 Å². The molecule has 16 heteroatoms. The fourth-order valence-electron chi connectivity index (χ4n) is 5.28. The molecule has 2 aliphatic heterocycles. The van der Waals surface area contributed by atoms with Gasteiger partial charge in [-0.15, -0.1) is 0 Å². The zero-order valence-corrected chi connectivity index (χ0v) is 23.0. The Morgan fingerprint density at radius 3 is 2.05 bits per heavy atom. The molecule has 3 aromatic rings. The normalized spacial score (nSPS) is 32.5. The lowest BCUT2D eigenvalue weighted by Gasteiger charge is -2.40. The number of aliphatic hydroxyl groups excluding tert-OH is 8. The monoisotopic (exact) mass is 624 g/mol. The first-order chi connectivity index (χ1) is 20.9. The molecule has 3 heterocycles. The summed E-state index contributed by atoms with van der Waals surface area (Å²) in [6, 6.07) is 6.23. The standard InChI is InChI=1S/C28H32O16/c1-40-14-4-9(2-3-12(14)43-28-26(39)24(37)21(34)17(8-30)44-28)13-5-10(31)18-15(41-13)6-11(32)19(22(18)35)27-25(38)23(36)20(33)16(7-29)42-27/h2-6,16-17,20-21,23-30,32-39H,7-8H2,1H3/t16-,17-,20-,21-,23+,24+,25-,26-,27+,28-/m1/s1. The van der Waals surface area contributed by atoms with E-state index in [1.54, 1.807) is 0 Å². The summed E-state index contributed by atoms with van der Waals surface area (Å²) in [6.45, 7) is -1.41. The second-order valence-electron chi connectivity index (χ2n) is 10.4. The number of hydrogen-bond acceptors (Lipinski definition) is 16. The summed E-state index contributed by atoms with van der Waals surface area (Å²) < 4.78 is 27.6. The molecule has 0 spiro atoms. The van der Waals surface area contributed by atoms with Gasteiger partial charge in [-0.3, -0.25) is 4.79 Å². The van der Waals surface area contributed by atoms with Crippen molar-refractivity contribution in [3.63, 3.8) is 0 Å². The van der Waals surface area contributed by atoms with Gasteiger partial charge in [0.2, 0.25) is 6.29 Å². The number of benzene rings is 2. The van der Waals surface area contributed by atoms with Crippen LogP contribution in [0.15, 0.2) is 39.5 Å². The molecule has 1 aromatic heterocycles. The van der Waals surface area contributed by atoms with Crippen molar-refractivity contribution < 1.29 is 74.4 Å². The van der Waals surface area contributed by atoms with Crippen LogP contribution in [0.1, 0.15) is 11.7 Å². The predicted molar refractivity (Wildman–Crippen MR) is 145 cm³/mol. The third-order valence-corrected chi connectivity index (χ3v) is 7.73. The van der Waals surface area contributed by atoms with Gasteiger partial charge in [-0.05, 0) is 18.2 Å². The van der Waals surface area contributed by atoms with Crippen LogP contribution in [-0.4, -0.2) is 127 Å². The molecule has 240 valence electrons. The fraction of sp³-hybridized carbons (Fsp3) is 0.464. The summed E-state index contributed by atoms with van der Waals surface area (Å²) in [4.78, 5) is 13.2. The number of rotatable bonds is 7. The van der Waals surface area contributed by atoms with Crippen molar-refractivity contribution in [3.8, 4) is 34.3 Å². The molecular formula is C28H32O16. The molecule has 5 rings (SSSR count). The molecule has 0 amide bonds. The molecule has 10 atom stereocenters. The van der Waals surface area contributed by atoms with Crippen LogP contribution in [0.25, 0.3) is 22.3 Å². The first-order valence-corrected chi connectivity index (χ1v) is 13.4. The second kappa shape index (κ2) is 12.4. The van der Waals surface area contributed by atoms with Crippen LogP contribution >= 0.6 is 0 Å². The van der Waals surface area contributed by atoms with Crippen molar-refractivity contribution >= 4 is 11.0 Å². The number of fused-ring (bicyclic) bond motifs is 1. The molecule has 0 radical (unpaired) electrons. The number of aliphatic hydroxyl groups is 8. The summed E-state index contributed by atoms with van der Waals surface area (Å²) >= 11 is 0. The maximum Gasteiger partial charge on any atom is 0.229 e. The minimum Gasteiger partial charge on any atom is -0.507 e. The van der Waals surface area contributed by atoms with Crippen molar-refractivity contribution in [2.45, 2.75) is 61.2 Å². The molecule has 2 aliphatic rings. The highest BCUT2D eigenvalue weighted by Gasteiger charge is 2.47. The van der Waals surface area contributed by atoms with Gasteiger partial charge in [0.25, 0.3) is 0 Å². The molecule has 16 nitrogen and oxygen atoms in total. The molecule has 2 fully saturated rings. The van der Waals surface area contributed by atoms with Gasteiger partial charge in [0, 0.05) is 17.7 Å². The predicted octanol–water partition coefficient (Wildman–Crippen LogP) is -2.43. The van der Waals surface area contributed by atoms with Crippen LogP contribution in [0.2, 0.25) is 0 Å². The molecule has 0 aliphatic carbocycles. The summed E-state index contributed by atoms with van der Waals surface area (Å²) in [5.41, 5.74) is -1.24. The van der Waals surface area contributed by atoms with Gasteiger partial charge in [0.05, 0.1) is 25.9 Å². The first-order valence-electron chi connectivity index (χ1n) is 13.4. The van der Waals surface area contributed by atoms with Crippen molar-refractivity contribution in [2.24, 2.45) is 0 Å². The lowest BCUT2D eigenvalue weighted by atomic mass is 9.89. The molecule has 0 unspecified atom stereocenters. The van der Waals surface area contributed by atoms with E-state index in [0.29, 0.717) is 0 Å². The number of ether oxygens (including phenoxy) is 4. The maximum atomic E-state index is 13.2. The lowest BCUT2D eigenvalue weighted by molar-refractivity contribution is -0.277. The Kier molecular flexibility index (Phi) is 9.01. The third kappa shape index (κ3) is 5.45. The van der Waals surface area contributed by atoms with Crippen molar-refractivity contribution in [3.05, 3.63) is 46.1 Å². The molecule has 2 aromatic carbocycles. The van der Waals surface area contributed by atoms with E-state index in [9.17, 15) is 55.9 Å². The smallest absolute Gasteiger partial charge is 0.229 e. The molecule has 2 saturated heterocycles. The quantitative estimate of drug-likeness (QED) is 0.131. The largest absolute Gasteiger partial charge is 0.507 e. The number of phenolic OH excluding ortho intramolecular Hbond substituents is 2. The zero-order valence-electron chi connectivity index (χ0n) is 23.0. The first kappa shape index (κ1) is 31.9. The molecule has 0 saturated carbocycles. The molecular weight excluding hydrogens is 592 g/mol. The Hall–Kier alpha value is -3.55. The van der Waals surface area contributed by atoms with Crippen LogP contribution in [0.3, 0.4) is 0 Å². The summed E-state index contributed by atoms with van der Waals surface area (Å²) in [5.74, 6) is -1.46. The number of hydrogen-bond donors (Lipinski definition) is 10. The van der Waals surface area contributed by atoms with Crippen molar-refractivity contribution in [1.82, 2.24) is 0 Å². The summed E-state index contributed by atoms with van der Waals surface area (Å²) in [6.07, 6.45) is -15.9. The highest BCUT2D eigenvalue weighted by Crippen LogP contribution is 2.45. The van der Waals surface area contributed by atoms with Gasteiger partial charge in [-0.1, -0.05) is 0 Å². The topological polar surface area (TPSA) is 269 Å². The van der Waals surface area contributed by atoms with Gasteiger partial charge >= 0.3 is 0 Å². The second-order valence-corrected chi connectivity index (χ2v) is 10.4. The van der Waals surface area contributed by atoms with Gasteiger partial charge in [-0.2, -0.15) is 0 Å². The van der Waals surface area contributed by atoms with Crippen LogP contribution in [0.4, 0.5) is 0 Å². The summed E-state index contributed by atoms with van der Waals surface area (Å²) in [5, 5.41) is 101. The third-order valence-electron chi connectivity index (χ3n) is 7.73. The van der Waals surface area contributed by atoms with E-state index in [0.717, 1.165) is 12.1 Å². The molecule has 0 bridgehead atoms. The van der Waals surface area contributed by atoms with Gasteiger partial charge in [0.15, 0.2) is 16.9 Å². The Balaban J connectivity index is 1.48. The zero-order chi connectivity index (χ0) is 32.0. The Morgan fingerprint density at radius 1 is 0.773 bits per heavy atom.